The topological polar surface area (TPSA) is 29.3 Å². The lowest BCUT2D eigenvalue weighted by Gasteiger charge is -2.45. The maximum atomic E-state index is 5.99. The van der Waals surface area contributed by atoms with E-state index in [4.69, 9.17) is 5.73 Å². The van der Waals surface area contributed by atoms with Crippen molar-refractivity contribution < 1.29 is 0 Å². The number of nitrogens with two attached hydrogens (primary N) is 1. The van der Waals surface area contributed by atoms with Crippen LogP contribution in [0.2, 0.25) is 0 Å². The van der Waals surface area contributed by atoms with Crippen LogP contribution in [0.25, 0.3) is 0 Å². The number of nitrogens with zero attached hydrogens (tertiary/aromatic N) is 1. The third kappa shape index (κ3) is 1.70. The Labute approximate surface area is 101 Å². The predicted octanol–water partition coefficient (Wildman–Crippen LogP) is 2.62. The first-order valence-electron chi connectivity index (χ1n) is 6.60. The van der Waals surface area contributed by atoms with Crippen molar-refractivity contribution in [2.45, 2.75) is 72.0 Å². The van der Waals surface area contributed by atoms with E-state index in [0.717, 1.165) is 12.6 Å². The van der Waals surface area contributed by atoms with Crippen LogP contribution in [0.4, 0.5) is 0 Å². The molecular weight excluding hydrogens is 196 g/mol. The Hall–Kier alpha value is -0.0800. The number of fused-ring (bicyclic) bond motifs is 1. The molecule has 0 aromatic carbocycles. The summed E-state index contributed by atoms with van der Waals surface area (Å²) in [7, 11) is 0. The molecule has 2 N–H and O–H groups in total. The first-order chi connectivity index (χ1) is 7.12. The Morgan fingerprint density at radius 1 is 1.12 bits per heavy atom. The van der Waals surface area contributed by atoms with Crippen LogP contribution in [-0.2, 0) is 0 Å². The van der Waals surface area contributed by atoms with Crippen LogP contribution >= 0.6 is 0 Å². The summed E-state index contributed by atoms with van der Waals surface area (Å²) in [4.78, 5) is 2.75. The van der Waals surface area contributed by atoms with Crippen LogP contribution < -0.4 is 5.73 Å². The van der Waals surface area contributed by atoms with Crippen molar-refractivity contribution in [3.8, 4) is 0 Å². The first-order valence-corrected chi connectivity index (χ1v) is 6.60. The minimum Gasteiger partial charge on any atom is -0.330 e. The Kier molecular flexibility index (Phi) is 2.50. The predicted molar refractivity (Wildman–Crippen MR) is 69.3 cm³/mol. The highest BCUT2D eigenvalue weighted by molar-refractivity contribution is 5.20. The largest absolute Gasteiger partial charge is 0.330 e. The van der Waals surface area contributed by atoms with E-state index >= 15 is 0 Å². The smallest absolute Gasteiger partial charge is 0.0180 e. The molecule has 1 aliphatic carbocycles. The monoisotopic (exact) mass is 224 g/mol. The molecule has 0 aromatic heterocycles. The summed E-state index contributed by atoms with van der Waals surface area (Å²) in [6.07, 6.45) is 2.63. The van der Waals surface area contributed by atoms with Gasteiger partial charge in [-0.1, -0.05) is 20.8 Å². The molecule has 1 aliphatic heterocycles. The fraction of sp³-hybridized carbons (Fsp3) is 1.00. The second kappa shape index (κ2) is 3.23. The van der Waals surface area contributed by atoms with Crippen molar-refractivity contribution in [3.05, 3.63) is 0 Å². The van der Waals surface area contributed by atoms with Crippen LogP contribution in [0.3, 0.4) is 0 Å². The van der Waals surface area contributed by atoms with Gasteiger partial charge in [-0.25, -0.2) is 0 Å². The van der Waals surface area contributed by atoms with Gasteiger partial charge in [0.2, 0.25) is 0 Å². The van der Waals surface area contributed by atoms with E-state index < -0.39 is 0 Å². The van der Waals surface area contributed by atoms with Crippen LogP contribution in [0.15, 0.2) is 0 Å². The lowest BCUT2D eigenvalue weighted by atomic mass is 9.80. The first kappa shape index (κ1) is 12.4. The molecule has 16 heavy (non-hydrogen) atoms. The molecule has 0 aromatic rings. The quantitative estimate of drug-likeness (QED) is 0.742. The highest BCUT2D eigenvalue weighted by Crippen LogP contribution is 2.63. The van der Waals surface area contributed by atoms with Gasteiger partial charge >= 0.3 is 0 Å². The summed E-state index contributed by atoms with van der Waals surface area (Å²) in [6.45, 7) is 15.0. The fourth-order valence-corrected chi connectivity index (χ4v) is 3.60. The van der Waals surface area contributed by atoms with Gasteiger partial charge in [-0.15, -0.1) is 0 Å². The lowest BCUT2D eigenvalue weighted by molar-refractivity contribution is 0.0362. The molecule has 94 valence electrons. The van der Waals surface area contributed by atoms with Crippen molar-refractivity contribution in [3.63, 3.8) is 0 Å². The number of likely N-dealkylation sites (tertiary alicyclic amines) is 1. The van der Waals surface area contributed by atoms with E-state index in [-0.39, 0.29) is 5.54 Å². The minimum atomic E-state index is 0.274. The molecule has 0 bridgehead atoms. The average molecular weight is 224 g/mol. The summed E-state index contributed by atoms with van der Waals surface area (Å²) < 4.78 is 0. The molecule has 1 saturated heterocycles. The molecule has 0 radical (unpaired) electrons. The van der Waals surface area contributed by atoms with Crippen LogP contribution in [0.1, 0.15) is 54.4 Å². The molecule has 2 aliphatic rings. The lowest BCUT2D eigenvalue weighted by Crippen LogP contribution is -2.51. The highest BCUT2D eigenvalue weighted by Gasteiger charge is 2.66. The molecule has 2 nitrogen and oxygen atoms in total. The summed E-state index contributed by atoms with van der Waals surface area (Å²) in [5, 5.41) is 0. The number of hydrogen-bond acceptors (Lipinski definition) is 2. The zero-order valence-electron chi connectivity index (χ0n) is 11.8. The van der Waals surface area contributed by atoms with Gasteiger partial charge in [-0.05, 0) is 45.6 Å². The standard InChI is InChI=1S/C14H28N2/c1-12(2,3)10-7-14(9-15)8-11(14)16(10)13(4,5)6/h10-11H,7-9,15H2,1-6H3/t10?,11?,14-/m0/s1. The van der Waals surface area contributed by atoms with Crippen LogP contribution in [-0.4, -0.2) is 29.1 Å². The van der Waals surface area contributed by atoms with Gasteiger partial charge in [0, 0.05) is 23.0 Å². The van der Waals surface area contributed by atoms with Gasteiger partial charge in [-0.3, -0.25) is 4.90 Å². The molecule has 2 unspecified atom stereocenters. The van der Waals surface area contributed by atoms with E-state index in [0.29, 0.717) is 16.9 Å². The summed E-state index contributed by atoms with van der Waals surface area (Å²) in [5.74, 6) is 0. The average Bonchev–Trinajstić information content (AvgIpc) is 2.68. The van der Waals surface area contributed by atoms with E-state index in [1.807, 2.05) is 0 Å². The molecule has 3 atom stereocenters. The van der Waals surface area contributed by atoms with Gasteiger partial charge in [0.1, 0.15) is 0 Å². The Bertz CT molecular complexity index is 284. The van der Waals surface area contributed by atoms with Gasteiger partial charge in [0.25, 0.3) is 0 Å². The van der Waals surface area contributed by atoms with Crippen molar-refractivity contribution >= 4 is 0 Å². The molecule has 2 heteroatoms. The molecule has 1 saturated carbocycles. The summed E-state index contributed by atoms with van der Waals surface area (Å²) in [6, 6.07) is 1.44. The maximum Gasteiger partial charge on any atom is 0.0180 e. The van der Waals surface area contributed by atoms with Crippen molar-refractivity contribution in [1.29, 1.82) is 0 Å². The Morgan fingerprint density at radius 3 is 2.00 bits per heavy atom. The second-order valence-electron chi connectivity index (χ2n) is 7.95. The zero-order chi connectivity index (χ0) is 12.4. The molecule has 0 amide bonds. The van der Waals surface area contributed by atoms with Gasteiger partial charge in [-0.2, -0.15) is 0 Å². The number of piperidine rings is 1. The molecule has 0 spiro atoms. The summed E-state index contributed by atoms with van der Waals surface area (Å²) in [5.41, 5.74) is 7.10. The van der Waals surface area contributed by atoms with E-state index in [2.05, 4.69) is 46.4 Å². The van der Waals surface area contributed by atoms with Crippen LogP contribution in [0, 0.1) is 10.8 Å². The minimum absolute atomic E-state index is 0.274. The fourth-order valence-electron chi connectivity index (χ4n) is 3.60. The Balaban J connectivity index is 2.27. The van der Waals surface area contributed by atoms with E-state index in [9.17, 15) is 0 Å². The Morgan fingerprint density at radius 2 is 1.69 bits per heavy atom. The number of rotatable bonds is 1. The summed E-state index contributed by atoms with van der Waals surface area (Å²) >= 11 is 0. The highest BCUT2D eigenvalue weighted by atomic mass is 15.3. The van der Waals surface area contributed by atoms with E-state index in [1.165, 1.54) is 12.8 Å². The van der Waals surface area contributed by atoms with Gasteiger partial charge in [0.05, 0.1) is 0 Å². The normalized spacial score (nSPS) is 39.9. The maximum absolute atomic E-state index is 5.99. The molecular formula is C14H28N2. The van der Waals surface area contributed by atoms with Gasteiger partial charge < -0.3 is 5.73 Å². The molecule has 1 heterocycles. The second-order valence-corrected chi connectivity index (χ2v) is 7.95. The van der Waals surface area contributed by atoms with Crippen molar-refractivity contribution in [1.82, 2.24) is 4.90 Å². The van der Waals surface area contributed by atoms with Gasteiger partial charge in [0.15, 0.2) is 0 Å². The third-order valence-corrected chi connectivity index (χ3v) is 4.60. The van der Waals surface area contributed by atoms with Crippen LogP contribution in [0.5, 0.6) is 0 Å². The molecule has 2 rings (SSSR count). The number of hydrogen-bond donors (Lipinski definition) is 1. The van der Waals surface area contributed by atoms with E-state index in [1.54, 1.807) is 0 Å². The zero-order valence-corrected chi connectivity index (χ0v) is 11.8. The van der Waals surface area contributed by atoms with Crippen molar-refractivity contribution in [2.24, 2.45) is 16.6 Å². The molecule has 2 fully saturated rings. The van der Waals surface area contributed by atoms with Crippen molar-refractivity contribution in [2.75, 3.05) is 6.54 Å². The third-order valence-electron chi connectivity index (χ3n) is 4.60. The SMILES string of the molecule is CC(C)(C)C1C[C@@]2(CN)CC2N1C(C)(C)C.